The van der Waals surface area contributed by atoms with Gasteiger partial charge in [-0.05, 0) is 49.3 Å². The molecule has 6 rings (SSSR count). The van der Waals surface area contributed by atoms with Crippen LogP contribution in [0.5, 0.6) is 11.5 Å². The van der Waals surface area contributed by atoms with E-state index >= 15 is 0 Å². The van der Waals surface area contributed by atoms with Crippen molar-refractivity contribution < 1.29 is 53.4 Å². The molecule has 4 aliphatic rings. The Kier molecular flexibility index (Phi) is 6.72. The van der Waals surface area contributed by atoms with Gasteiger partial charge >= 0.3 is 23.9 Å². The molecule has 0 unspecified atom stereocenters. The van der Waals surface area contributed by atoms with Crippen LogP contribution in [0.1, 0.15) is 61.8 Å². The number of esters is 3. The lowest BCUT2D eigenvalue weighted by Crippen LogP contribution is -2.67. The van der Waals surface area contributed by atoms with Gasteiger partial charge in [0, 0.05) is 18.1 Å². The van der Waals surface area contributed by atoms with Crippen LogP contribution in [0.3, 0.4) is 0 Å². The zero-order valence-corrected chi connectivity index (χ0v) is 22.8. The number of carboxylic acid groups (broad SMARTS) is 1. The number of phenols is 1. The molecule has 1 spiro atoms. The number of aliphatic hydroxyl groups is 1. The highest BCUT2D eigenvalue weighted by Crippen LogP contribution is 2.67. The Morgan fingerprint density at radius 3 is 2.57 bits per heavy atom. The molecule has 0 saturated heterocycles. The van der Waals surface area contributed by atoms with Crippen molar-refractivity contribution in [1.29, 1.82) is 0 Å². The number of carboxylic acids is 1. The molecular weight excluding hydrogens is 548 g/mol. The maximum atomic E-state index is 13.4. The number of benzene rings is 2. The summed E-state index contributed by atoms with van der Waals surface area (Å²) in [5, 5.41) is 32.3. The molecule has 1 aliphatic heterocycles. The summed E-state index contributed by atoms with van der Waals surface area (Å²) in [6.07, 6.45) is -0.563. The maximum absolute atomic E-state index is 13.4. The Bertz CT molecular complexity index is 1500. The van der Waals surface area contributed by atoms with E-state index in [0.29, 0.717) is 12.8 Å². The number of ether oxygens (including phenoxy) is 4. The number of hydrogen-bond acceptors (Lipinski definition) is 10. The summed E-state index contributed by atoms with van der Waals surface area (Å²) in [5.41, 5.74) is -0.224. The largest absolute Gasteiger partial charge is 0.504 e. The van der Waals surface area contributed by atoms with Gasteiger partial charge in [-0.15, -0.1) is 0 Å². The van der Waals surface area contributed by atoms with E-state index in [1.807, 2.05) is 6.07 Å². The van der Waals surface area contributed by atoms with E-state index in [9.17, 15) is 34.5 Å². The van der Waals surface area contributed by atoms with Crippen LogP contribution in [0.25, 0.3) is 0 Å². The average Bonchev–Trinajstić information content (AvgIpc) is 3.30. The first-order valence-electron chi connectivity index (χ1n) is 13.9. The van der Waals surface area contributed by atoms with Gasteiger partial charge in [-0.3, -0.25) is 9.59 Å². The number of carbonyl (C=O) groups excluding carboxylic acids is 3. The molecule has 1 saturated carbocycles. The lowest BCUT2D eigenvalue weighted by molar-refractivity contribution is -0.177. The molecule has 0 amide bonds. The van der Waals surface area contributed by atoms with Gasteiger partial charge in [0.15, 0.2) is 17.6 Å². The molecule has 220 valence electrons. The van der Waals surface area contributed by atoms with Gasteiger partial charge < -0.3 is 34.3 Å². The second kappa shape index (κ2) is 10.2. The molecule has 3 aliphatic carbocycles. The van der Waals surface area contributed by atoms with E-state index in [0.717, 1.165) is 30.9 Å². The summed E-state index contributed by atoms with van der Waals surface area (Å²) in [6, 6.07) is 11.2. The molecular formula is C31H30O11. The molecule has 2 aromatic carbocycles. The lowest BCUT2D eigenvalue weighted by Gasteiger charge is -2.59. The van der Waals surface area contributed by atoms with E-state index in [4.69, 9.17) is 18.9 Å². The Labute approximate surface area is 240 Å². The zero-order chi connectivity index (χ0) is 29.8. The molecule has 11 nitrogen and oxygen atoms in total. The van der Waals surface area contributed by atoms with Crippen molar-refractivity contribution in [3.8, 4) is 11.5 Å². The van der Waals surface area contributed by atoms with Crippen LogP contribution in [0.15, 0.2) is 54.3 Å². The first-order chi connectivity index (χ1) is 20.0. The third kappa shape index (κ3) is 4.22. The van der Waals surface area contributed by atoms with Crippen LogP contribution in [0.4, 0.5) is 0 Å². The molecule has 2 bridgehead atoms. The highest BCUT2D eigenvalue weighted by Gasteiger charge is 2.71. The molecule has 3 N–H and O–H groups in total. The fraction of sp³-hybridized carbons (Fsp3) is 0.419. The first kappa shape index (κ1) is 27.8. The van der Waals surface area contributed by atoms with Gasteiger partial charge in [0.05, 0.1) is 17.4 Å². The number of hydrogen-bond donors (Lipinski definition) is 3. The zero-order valence-electron chi connectivity index (χ0n) is 22.8. The minimum Gasteiger partial charge on any atom is -0.504 e. The van der Waals surface area contributed by atoms with E-state index in [2.05, 4.69) is 0 Å². The molecule has 42 heavy (non-hydrogen) atoms. The van der Waals surface area contributed by atoms with Crippen LogP contribution in [-0.2, 0) is 45.2 Å². The smallest absolute Gasteiger partial charge is 0.353 e. The van der Waals surface area contributed by atoms with Crippen LogP contribution in [0, 0.1) is 5.92 Å². The van der Waals surface area contributed by atoms with E-state index < -0.39 is 59.6 Å². The minimum absolute atomic E-state index is 0.0517. The Morgan fingerprint density at radius 2 is 1.86 bits per heavy atom. The standard InChI is InChI=1S/C31H30O11/c1-16(32)39-22(15-23(34)41-25(28(35)36)17-6-3-2-4-7-17)29(37)40-21-11-13-31(38)19-8-5-12-30(31)24-18(14-19)9-10-20(33)26(24)42-27(21)30/h2-4,6-7,9-11,19,22,25,27,33,38H,5,8,12-15H2,1H3,(H,35,36)/t19-,22-,25-,27+,30+,31-/m0/s1. The molecule has 0 radical (unpaired) electrons. The van der Waals surface area contributed by atoms with Crippen LogP contribution >= 0.6 is 0 Å². The summed E-state index contributed by atoms with van der Waals surface area (Å²) in [6.45, 7) is 1.06. The first-order valence-corrected chi connectivity index (χ1v) is 13.9. The van der Waals surface area contributed by atoms with Crippen molar-refractivity contribution in [2.24, 2.45) is 5.92 Å². The van der Waals surface area contributed by atoms with Crippen molar-refractivity contribution in [2.75, 3.05) is 0 Å². The third-order valence-electron chi connectivity index (χ3n) is 8.98. The fourth-order valence-electron chi connectivity index (χ4n) is 7.31. The molecule has 2 aromatic rings. The fourth-order valence-corrected chi connectivity index (χ4v) is 7.31. The molecule has 11 heteroatoms. The van der Waals surface area contributed by atoms with Gasteiger partial charge in [-0.2, -0.15) is 0 Å². The van der Waals surface area contributed by atoms with Gasteiger partial charge in [0.2, 0.25) is 12.2 Å². The quantitative estimate of drug-likeness (QED) is 0.311. The van der Waals surface area contributed by atoms with Gasteiger partial charge in [0.25, 0.3) is 0 Å². The maximum Gasteiger partial charge on any atom is 0.353 e. The van der Waals surface area contributed by atoms with Gasteiger partial charge in [-0.1, -0.05) is 42.8 Å². The average molecular weight is 579 g/mol. The summed E-state index contributed by atoms with van der Waals surface area (Å²) in [7, 11) is 0. The summed E-state index contributed by atoms with van der Waals surface area (Å²) in [4.78, 5) is 49.8. The van der Waals surface area contributed by atoms with Crippen molar-refractivity contribution in [3.63, 3.8) is 0 Å². The number of phenolic OH excluding ortho intramolecular Hbond substituents is 1. The minimum atomic E-state index is -1.74. The highest BCUT2D eigenvalue weighted by atomic mass is 16.6. The SMILES string of the molecule is CC(=O)O[C@@H](CC(=O)O[C@H](C(=O)O)c1ccccc1)C(=O)OC1=CC[C@]2(O)[C@H]3CCC[C@]24c2c(ccc(O)c2O[C@H]14)C3. The van der Waals surface area contributed by atoms with E-state index in [1.165, 1.54) is 12.1 Å². The number of carbonyl (C=O) groups is 4. The van der Waals surface area contributed by atoms with Crippen LogP contribution < -0.4 is 4.74 Å². The van der Waals surface area contributed by atoms with Gasteiger partial charge in [0.1, 0.15) is 5.76 Å². The second-order valence-corrected chi connectivity index (χ2v) is 11.3. The van der Waals surface area contributed by atoms with E-state index in [1.54, 1.807) is 30.3 Å². The highest BCUT2D eigenvalue weighted by molar-refractivity contribution is 5.86. The second-order valence-electron chi connectivity index (χ2n) is 11.3. The van der Waals surface area contributed by atoms with Crippen molar-refractivity contribution in [2.45, 2.75) is 74.8 Å². The van der Waals surface area contributed by atoms with E-state index in [-0.39, 0.29) is 35.2 Å². The lowest BCUT2D eigenvalue weighted by atomic mass is 9.47. The number of aromatic hydroxyl groups is 1. The van der Waals surface area contributed by atoms with Crippen LogP contribution in [0.2, 0.25) is 0 Å². The molecule has 0 aromatic heterocycles. The number of aliphatic carboxylic acids is 1. The topological polar surface area (TPSA) is 166 Å². The monoisotopic (exact) mass is 578 g/mol. The summed E-state index contributed by atoms with van der Waals surface area (Å²) in [5.74, 6) is -4.28. The summed E-state index contributed by atoms with van der Waals surface area (Å²) >= 11 is 0. The Morgan fingerprint density at radius 1 is 1.10 bits per heavy atom. The molecule has 1 fully saturated rings. The predicted octanol–water partition coefficient (Wildman–Crippen LogP) is 3.00. The van der Waals surface area contributed by atoms with Crippen molar-refractivity contribution in [1.82, 2.24) is 0 Å². The normalized spacial score (nSPS) is 27.8. The number of rotatable bonds is 8. The third-order valence-corrected chi connectivity index (χ3v) is 8.98. The Hall–Kier alpha value is -4.38. The van der Waals surface area contributed by atoms with Crippen molar-refractivity contribution in [3.05, 3.63) is 71.0 Å². The van der Waals surface area contributed by atoms with Crippen molar-refractivity contribution >= 4 is 23.9 Å². The molecule has 6 atom stereocenters. The van der Waals surface area contributed by atoms with Crippen LogP contribution in [-0.4, -0.2) is 57.0 Å². The Balaban J connectivity index is 1.25. The van der Waals surface area contributed by atoms with Gasteiger partial charge in [-0.25, -0.2) is 9.59 Å². The summed E-state index contributed by atoms with van der Waals surface area (Å²) < 4.78 is 22.2. The molecule has 1 heterocycles. The predicted molar refractivity (Wildman–Crippen MR) is 142 cm³/mol.